The highest BCUT2D eigenvalue weighted by Crippen LogP contribution is 2.54. The second kappa shape index (κ2) is 5.87. The molecule has 2 nitrogen and oxygen atoms in total. The third kappa shape index (κ3) is 3.34. The van der Waals surface area contributed by atoms with Gasteiger partial charge in [0, 0.05) is 6.04 Å². The molecule has 1 aliphatic carbocycles. The highest BCUT2D eigenvalue weighted by Gasteiger charge is 2.50. The van der Waals surface area contributed by atoms with Crippen LogP contribution in [-0.2, 0) is 0 Å². The van der Waals surface area contributed by atoms with Crippen LogP contribution >= 0.6 is 0 Å². The van der Waals surface area contributed by atoms with E-state index in [0.29, 0.717) is 12.0 Å². The zero-order valence-corrected chi connectivity index (χ0v) is 12.6. The monoisotopic (exact) mass is 301 g/mol. The first-order valence-electron chi connectivity index (χ1n) is 7.39. The lowest BCUT2D eigenvalue weighted by Gasteiger charge is -2.55. The van der Waals surface area contributed by atoms with Gasteiger partial charge in [0.15, 0.2) is 0 Å². The molecule has 118 valence electrons. The topological polar surface area (TPSA) is 21.3 Å². The Bertz CT molecular complexity index is 471. The van der Waals surface area contributed by atoms with Crippen LogP contribution < -0.4 is 10.1 Å². The molecular weight excluding hydrogens is 279 g/mol. The Morgan fingerprint density at radius 2 is 1.86 bits per heavy atom. The molecule has 1 aromatic rings. The van der Waals surface area contributed by atoms with Gasteiger partial charge in [-0.05, 0) is 48.4 Å². The van der Waals surface area contributed by atoms with E-state index in [0.717, 1.165) is 24.9 Å². The molecule has 0 aliphatic heterocycles. The van der Waals surface area contributed by atoms with E-state index in [1.165, 1.54) is 12.1 Å². The van der Waals surface area contributed by atoms with Gasteiger partial charge in [-0.1, -0.05) is 32.9 Å². The molecule has 0 saturated heterocycles. The summed E-state index contributed by atoms with van der Waals surface area (Å²) in [5.41, 5.74) is 1.24. The molecule has 1 aromatic carbocycles. The third-order valence-electron chi connectivity index (χ3n) is 4.79. The van der Waals surface area contributed by atoms with Crippen molar-refractivity contribution in [2.75, 3.05) is 6.54 Å². The van der Waals surface area contributed by atoms with Gasteiger partial charge in [0.2, 0.25) is 0 Å². The maximum absolute atomic E-state index is 12.2. The number of hydrogen-bond donors (Lipinski definition) is 1. The van der Waals surface area contributed by atoms with Gasteiger partial charge < -0.3 is 10.1 Å². The van der Waals surface area contributed by atoms with Crippen molar-refractivity contribution in [3.8, 4) is 5.75 Å². The summed E-state index contributed by atoms with van der Waals surface area (Å²) in [6.45, 7) is 7.43. The lowest BCUT2D eigenvalue weighted by atomic mass is 9.54. The molecule has 2 rings (SSSR count). The van der Waals surface area contributed by atoms with Gasteiger partial charge in [0.05, 0.1) is 0 Å². The Kier molecular flexibility index (Phi) is 4.51. The molecule has 0 heterocycles. The van der Waals surface area contributed by atoms with Gasteiger partial charge in [-0.15, -0.1) is 13.2 Å². The Hall–Kier alpha value is -1.23. The number of alkyl halides is 3. The van der Waals surface area contributed by atoms with Crippen molar-refractivity contribution in [2.45, 2.75) is 51.9 Å². The summed E-state index contributed by atoms with van der Waals surface area (Å²) < 4.78 is 40.4. The van der Waals surface area contributed by atoms with Crippen molar-refractivity contribution < 1.29 is 17.9 Å². The summed E-state index contributed by atoms with van der Waals surface area (Å²) in [5, 5.41) is 3.49. The second-order valence-electron chi connectivity index (χ2n) is 5.87. The van der Waals surface area contributed by atoms with E-state index in [2.05, 4.69) is 30.8 Å². The Morgan fingerprint density at radius 1 is 1.24 bits per heavy atom. The summed E-state index contributed by atoms with van der Waals surface area (Å²) in [6, 6.07) is 6.78. The largest absolute Gasteiger partial charge is 0.573 e. The first kappa shape index (κ1) is 16.1. The maximum atomic E-state index is 12.2. The lowest BCUT2D eigenvalue weighted by molar-refractivity contribution is -0.274. The first-order valence-corrected chi connectivity index (χ1v) is 7.39. The molecule has 1 fully saturated rings. The maximum Gasteiger partial charge on any atom is 0.573 e. The summed E-state index contributed by atoms with van der Waals surface area (Å²) in [5.74, 6) is 0.221. The fraction of sp³-hybridized carbons (Fsp3) is 0.625. The summed E-state index contributed by atoms with van der Waals surface area (Å²) in [4.78, 5) is 0. The van der Waals surface area contributed by atoms with Gasteiger partial charge in [-0.25, -0.2) is 0 Å². The third-order valence-corrected chi connectivity index (χ3v) is 4.79. The van der Waals surface area contributed by atoms with Crippen LogP contribution in [0.5, 0.6) is 5.75 Å². The smallest absolute Gasteiger partial charge is 0.406 e. The zero-order chi connectivity index (χ0) is 15.7. The average molecular weight is 301 g/mol. The summed E-state index contributed by atoms with van der Waals surface area (Å²) in [6.07, 6.45) is -2.57. The molecule has 0 aromatic heterocycles. The number of benzene rings is 1. The molecule has 3 unspecified atom stereocenters. The molecule has 5 heteroatoms. The minimum absolute atomic E-state index is 0.155. The second-order valence-corrected chi connectivity index (χ2v) is 5.87. The number of hydrogen-bond acceptors (Lipinski definition) is 2. The number of halogens is 3. The first-order chi connectivity index (χ1) is 9.80. The molecule has 0 radical (unpaired) electrons. The van der Waals surface area contributed by atoms with Crippen molar-refractivity contribution in [1.82, 2.24) is 5.32 Å². The van der Waals surface area contributed by atoms with Crippen LogP contribution in [0.4, 0.5) is 13.2 Å². The number of nitrogens with one attached hydrogen (secondary N) is 1. The highest BCUT2D eigenvalue weighted by atomic mass is 19.4. The van der Waals surface area contributed by atoms with Crippen LogP contribution in [0.25, 0.3) is 0 Å². The van der Waals surface area contributed by atoms with Crippen molar-refractivity contribution in [3.63, 3.8) is 0 Å². The number of rotatable bonds is 5. The minimum Gasteiger partial charge on any atom is -0.406 e. The molecule has 21 heavy (non-hydrogen) atoms. The van der Waals surface area contributed by atoms with Crippen molar-refractivity contribution in [3.05, 3.63) is 29.8 Å². The molecule has 0 spiro atoms. The predicted molar refractivity (Wildman–Crippen MR) is 76.3 cm³/mol. The Balaban J connectivity index is 2.09. The molecular formula is C16H22F3NO. The van der Waals surface area contributed by atoms with E-state index < -0.39 is 6.36 Å². The van der Waals surface area contributed by atoms with E-state index >= 15 is 0 Å². The quantitative estimate of drug-likeness (QED) is 0.866. The van der Waals surface area contributed by atoms with Gasteiger partial charge >= 0.3 is 6.36 Å². The normalized spacial score (nSPS) is 29.0. The van der Waals surface area contributed by atoms with Gasteiger partial charge in [0.25, 0.3) is 0 Å². The minimum atomic E-state index is -4.63. The number of ether oxygens (including phenoxy) is 1. The summed E-state index contributed by atoms with van der Waals surface area (Å²) in [7, 11) is 0. The van der Waals surface area contributed by atoms with Gasteiger partial charge in [-0.3, -0.25) is 0 Å². The van der Waals surface area contributed by atoms with Crippen LogP contribution in [0.1, 0.15) is 45.1 Å². The molecule has 0 bridgehead atoms. The Labute approximate surface area is 123 Å². The summed E-state index contributed by atoms with van der Waals surface area (Å²) >= 11 is 0. The van der Waals surface area contributed by atoms with Crippen molar-refractivity contribution in [1.29, 1.82) is 0 Å². The average Bonchev–Trinajstić information content (AvgIpc) is 2.42. The van der Waals surface area contributed by atoms with Gasteiger partial charge in [0.1, 0.15) is 5.75 Å². The van der Waals surface area contributed by atoms with E-state index in [4.69, 9.17) is 0 Å². The van der Waals surface area contributed by atoms with E-state index in [-0.39, 0.29) is 11.2 Å². The van der Waals surface area contributed by atoms with Crippen LogP contribution in [0.3, 0.4) is 0 Å². The highest BCUT2D eigenvalue weighted by molar-refractivity contribution is 5.33. The molecule has 1 N–H and O–H groups in total. The molecule has 0 amide bonds. The molecule has 1 aliphatic rings. The predicted octanol–water partition coefficient (Wildman–Crippen LogP) is 4.47. The lowest BCUT2D eigenvalue weighted by Crippen LogP contribution is -2.56. The van der Waals surface area contributed by atoms with E-state index in [1.54, 1.807) is 12.1 Å². The van der Waals surface area contributed by atoms with E-state index in [9.17, 15) is 13.2 Å². The Morgan fingerprint density at radius 3 is 2.33 bits per heavy atom. The molecule has 1 saturated carbocycles. The van der Waals surface area contributed by atoms with Crippen LogP contribution in [0.15, 0.2) is 24.3 Å². The van der Waals surface area contributed by atoms with Crippen LogP contribution in [0, 0.1) is 5.41 Å². The van der Waals surface area contributed by atoms with Crippen LogP contribution in [0.2, 0.25) is 0 Å². The van der Waals surface area contributed by atoms with E-state index in [1.807, 2.05) is 0 Å². The fourth-order valence-electron chi connectivity index (χ4n) is 3.33. The van der Waals surface area contributed by atoms with Crippen molar-refractivity contribution >= 4 is 0 Å². The van der Waals surface area contributed by atoms with Gasteiger partial charge in [-0.2, -0.15) is 0 Å². The zero-order valence-electron chi connectivity index (χ0n) is 12.6. The molecule has 3 atom stereocenters. The van der Waals surface area contributed by atoms with Crippen LogP contribution in [-0.4, -0.2) is 18.9 Å². The SMILES string of the molecule is CCNC1CC(c2ccc(OC(F)(F)F)cc2)C1(C)CC. The standard InChI is InChI=1S/C16H22F3NO/c1-4-15(3)13(10-14(15)20-5-2)11-6-8-12(9-7-11)21-16(17,18)19/h6-9,13-14,20H,4-5,10H2,1-3H3. The fourth-order valence-corrected chi connectivity index (χ4v) is 3.33. The van der Waals surface area contributed by atoms with Crippen molar-refractivity contribution in [2.24, 2.45) is 5.41 Å².